The number of hydrogen-bond donors (Lipinski definition) is 1. The van der Waals surface area contributed by atoms with Crippen LogP contribution in [-0.4, -0.2) is 25.2 Å². The molecular weight excluding hydrogens is 280 g/mol. The average molecular weight is 306 g/mol. The topological polar surface area (TPSA) is 15.3 Å². The molecule has 0 spiro atoms. The van der Waals surface area contributed by atoms with Gasteiger partial charge >= 0.3 is 0 Å². The monoisotopic (exact) mass is 306 g/mol. The Labute approximate surface area is 139 Å². The molecule has 2 aliphatic rings. The average Bonchev–Trinajstić information content (AvgIpc) is 3.25. The molecule has 2 aromatic rings. The minimum absolute atomic E-state index is 0.608. The van der Waals surface area contributed by atoms with E-state index in [1.165, 1.54) is 55.5 Å². The van der Waals surface area contributed by atoms with E-state index in [1.54, 1.807) is 0 Å². The van der Waals surface area contributed by atoms with Crippen LogP contribution in [0.25, 0.3) is 0 Å². The number of benzene rings is 2. The number of rotatable bonds is 5. The van der Waals surface area contributed by atoms with E-state index in [0.29, 0.717) is 12.1 Å². The maximum absolute atomic E-state index is 3.64. The first-order valence-corrected chi connectivity index (χ1v) is 9.02. The summed E-state index contributed by atoms with van der Waals surface area (Å²) >= 11 is 0. The van der Waals surface area contributed by atoms with Crippen LogP contribution in [0.15, 0.2) is 54.6 Å². The summed E-state index contributed by atoms with van der Waals surface area (Å²) < 4.78 is 0. The molecule has 1 unspecified atom stereocenters. The van der Waals surface area contributed by atoms with E-state index in [1.807, 2.05) is 0 Å². The number of hydrogen-bond acceptors (Lipinski definition) is 2. The molecule has 2 aromatic carbocycles. The highest BCUT2D eigenvalue weighted by molar-refractivity contribution is 5.49. The van der Waals surface area contributed by atoms with Crippen LogP contribution < -0.4 is 10.2 Å². The lowest BCUT2D eigenvalue weighted by Gasteiger charge is -2.32. The van der Waals surface area contributed by atoms with Crippen LogP contribution >= 0.6 is 0 Å². The molecule has 0 amide bonds. The molecule has 1 fully saturated rings. The predicted molar refractivity (Wildman–Crippen MR) is 97.1 cm³/mol. The molecule has 1 aliphatic heterocycles. The number of para-hydroxylation sites is 1. The van der Waals surface area contributed by atoms with Gasteiger partial charge in [-0.15, -0.1) is 0 Å². The Kier molecular flexibility index (Phi) is 4.34. The van der Waals surface area contributed by atoms with Gasteiger partial charge in [-0.2, -0.15) is 0 Å². The van der Waals surface area contributed by atoms with Crippen molar-refractivity contribution in [1.82, 2.24) is 5.32 Å². The van der Waals surface area contributed by atoms with Gasteiger partial charge in [-0.05, 0) is 61.9 Å². The van der Waals surface area contributed by atoms with Crippen molar-refractivity contribution in [2.24, 2.45) is 0 Å². The minimum atomic E-state index is 0.608. The van der Waals surface area contributed by atoms with Gasteiger partial charge in [0.2, 0.25) is 0 Å². The van der Waals surface area contributed by atoms with Gasteiger partial charge in [-0.25, -0.2) is 0 Å². The third-order valence-electron chi connectivity index (χ3n) is 5.44. The molecule has 0 bridgehead atoms. The van der Waals surface area contributed by atoms with Crippen LogP contribution in [0.1, 0.15) is 30.4 Å². The highest BCUT2D eigenvalue weighted by Gasteiger charge is 2.27. The van der Waals surface area contributed by atoms with Crippen molar-refractivity contribution < 1.29 is 0 Å². The number of anilines is 1. The van der Waals surface area contributed by atoms with Gasteiger partial charge in [0.05, 0.1) is 0 Å². The summed E-state index contributed by atoms with van der Waals surface area (Å²) in [4.78, 5) is 2.65. The van der Waals surface area contributed by atoms with Gasteiger partial charge < -0.3 is 10.2 Å². The lowest BCUT2D eigenvalue weighted by Crippen LogP contribution is -2.39. The molecule has 1 heterocycles. The largest absolute Gasteiger partial charge is 0.368 e. The Balaban J connectivity index is 1.51. The van der Waals surface area contributed by atoms with Gasteiger partial charge in [0.15, 0.2) is 0 Å². The van der Waals surface area contributed by atoms with Crippen molar-refractivity contribution in [2.75, 3.05) is 18.0 Å². The van der Waals surface area contributed by atoms with Crippen LogP contribution in [-0.2, 0) is 12.8 Å². The Morgan fingerprint density at radius 1 is 0.913 bits per heavy atom. The van der Waals surface area contributed by atoms with Crippen LogP contribution in [0.3, 0.4) is 0 Å². The van der Waals surface area contributed by atoms with Gasteiger partial charge in [0.1, 0.15) is 0 Å². The first-order chi connectivity index (χ1) is 11.4. The Bertz CT molecular complexity index is 606. The van der Waals surface area contributed by atoms with Crippen molar-refractivity contribution in [3.63, 3.8) is 0 Å². The molecule has 1 N–H and O–H groups in total. The van der Waals surface area contributed by atoms with Crippen molar-refractivity contribution >= 4 is 5.69 Å². The fraction of sp³-hybridized carbons (Fsp3) is 0.429. The van der Waals surface area contributed by atoms with Crippen molar-refractivity contribution in [1.29, 1.82) is 0 Å². The van der Waals surface area contributed by atoms with E-state index in [-0.39, 0.29) is 0 Å². The third-order valence-corrected chi connectivity index (χ3v) is 5.44. The fourth-order valence-corrected chi connectivity index (χ4v) is 4.20. The van der Waals surface area contributed by atoms with E-state index < -0.39 is 0 Å². The molecule has 0 radical (unpaired) electrons. The molecule has 4 rings (SSSR count). The van der Waals surface area contributed by atoms with Gasteiger partial charge in [0.25, 0.3) is 0 Å². The summed E-state index contributed by atoms with van der Waals surface area (Å²) in [5, 5.41) is 3.64. The van der Waals surface area contributed by atoms with Crippen molar-refractivity contribution in [3.8, 4) is 0 Å². The van der Waals surface area contributed by atoms with Crippen LogP contribution in [0, 0.1) is 0 Å². The van der Waals surface area contributed by atoms with Crippen LogP contribution in [0.2, 0.25) is 0 Å². The Morgan fingerprint density at radius 3 is 2.26 bits per heavy atom. The maximum Gasteiger partial charge on any atom is 0.0370 e. The zero-order chi connectivity index (χ0) is 15.5. The summed E-state index contributed by atoms with van der Waals surface area (Å²) in [6.07, 6.45) is 6.30. The molecular formula is C21H26N2. The summed E-state index contributed by atoms with van der Waals surface area (Å²) in [6.45, 7) is 2.35. The molecule has 0 aromatic heterocycles. The van der Waals surface area contributed by atoms with E-state index in [0.717, 1.165) is 6.54 Å². The summed E-state index contributed by atoms with van der Waals surface area (Å²) in [6, 6.07) is 21.3. The molecule has 1 aliphatic carbocycles. The Morgan fingerprint density at radius 2 is 1.61 bits per heavy atom. The van der Waals surface area contributed by atoms with E-state index in [9.17, 15) is 0 Å². The van der Waals surface area contributed by atoms with E-state index in [4.69, 9.17) is 0 Å². The SMILES string of the molecule is c1ccc(N(CCC2CCCN2)C2Cc3ccccc3C2)cc1. The van der Waals surface area contributed by atoms with Crippen LogP contribution in [0.4, 0.5) is 5.69 Å². The third kappa shape index (κ3) is 3.28. The molecule has 2 heteroatoms. The predicted octanol–water partition coefficient (Wildman–Crippen LogP) is 3.80. The number of nitrogens with zero attached hydrogens (tertiary/aromatic N) is 1. The zero-order valence-corrected chi connectivity index (χ0v) is 13.7. The normalized spacial score (nSPS) is 20.6. The molecule has 120 valence electrons. The minimum Gasteiger partial charge on any atom is -0.368 e. The van der Waals surface area contributed by atoms with Gasteiger partial charge in [-0.3, -0.25) is 0 Å². The molecule has 23 heavy (non-hydrogen) atoms. The second kappa shape index (κ2) is 6.76. The van der Waals surface area contributed by atoms with Crippen LogP contribution in [0.5, 0.6) is 0 Å². The summed E-state index contributed by atoms with van der Waals surface area (Å²) in [7, 11) is 0. The smallest absolute Gasteiger partial charge is 0.0370 e. The van der Waals surface area contributed by atoms with Gasteiger partial charge in [0, 0.05) is 24.3 Å². The lowest BCUT2D eigenvalue weighted by molar-refractivity contribution is 0.521. The second-order valence-electron chi connectivity index (χ2n) is 6.94. The standard InChI is InChI=1S/C21H26N2/c1-2-10-20(11-3-1)23(14-12-19-9-6-13-22-19)21-15-17-7-4-5-8-18(17)16-21/h1-5,7-8,10-11,19,21-22H,6,9,12-16H2. The number of fused-ring (bicyclic) bond motifs is 1. The maximum atomic E-state index is 3.64. The van der Waals surface area contributed by atoms with E-state index in [2.05, 4.69) is 64.8 Å². The fourth-order valence-electron chi connectivity index (χ4n) is 4.20. The summed E-state index contributed by atoms with van der Waals surface area (Å²) in [5.41, 5.74) is 4.46. The highest BCUT2D eigenvalue weighted by Crippen LogP contribution is 2.29. The zero-order valence-electron chi connectivity index (χ0n) is 13.7. The second-order valence-corrected chi connectivity index (χ2v) is 6.94. The number of nitrogens with one attached hydrogen (secondary N) is 1. The first kappa shape index (κ1) is 14.8. The quantitative estimate of drug-likeness (QED) is 0.904. The van der Waals surface area contributed by atoms with Crippen molar-refractivity contribution in [2.45, 2.75) is 44.2 Å². The van der Waals surface area contributed by atoms with Crippen molar-refractivity contribution in [3.05, 3.63) is 65.7 Å². The Hall–Kier alpha value is -1.80. The lowest BCUT2D eigenvalue weighted by atomic mass is 10.1. The molecule has 1 saturated heterocycles. The van der Waals surface area contributed by atoms with E-state index >= 15 is 0 Å². The molecule has 1 atom stereocenters. The molecule has 0 saturated carbocycles. The summed E-state index contributed by atoms with van der Waals surface area (Å²) in [5.74, 6) is 0. The highest BCUT2D eigenvalue weighted by atomic mass is 15.2. The first-order valence-electron chi connectivity index (χ1n) is 9.02. The van der Waals surface area contributed by atoms with Gasteiger partial charge in [-0.1, -0.05) is 42.5 Å². The molecule has 2 nitrogen and oxygen atoms in total.